The summed E-state index contributed by atoms with van der Waals surface area (Å²) in [5.41, 5.74) is 3.68. The summed E-state index contributed by atoms with van der Waals surface area (Å²) >= 11 is 0. The highest BCUT2D eigenvalue weighted by Gasteiger charge is 2.15. The molecule has 1 saturated heterocycles. The summed E-state index contributed by atoms with van der Waals surface area (Å²) in [5, 5.41) is 5.01. The Bertz CT molecular complexity index is 1500. The summed E-state index contributed by atoms with van der Waals surface area (Å²) in [5.74, 6) is 1.41. The second-order valence-electron chi connectivity index (χ2n) is 8.65. The molecule has 0 radical (unpaired) electrons. The smallest absolute Gasteiger partial charge is 0.254 e. The van der Waals surface area contributed by atoms with E-state index in [1.807, 2.05) is 36.4 Å². The van der Waals surface area contributed by atoms with Crippen molar-refractivity contribution in [1.29, 1.82) is 0 Å². The van der Waals surface area contributed by atoms with Crippen LogP contribution in [0.4, 0.5) is 23.1 Å². The van der Waals surface area contributed by atoms with Crippen LogP contribution in [0.15, 0.2) is 79.0 Å². The Morgan fingerprint density at radius 2 is 1.75 bits per heavy atom. The first-order chi connectivity index (χ1) is 17.4. The zero-order chi connectivity index (χ0) is 25.1. The fraction of sp³-hybridized carbons (Fsp3) is 0.192. The lowest BCUT2D eigenvalue weighted by Gasteiger charge is -2.33. The standard InChI is InChI=1S/C26H27N7O2S/c1-3-36(34,35)31-21-8-4-6-19(16-21)23-9-5-7-20-17-28-26(30-25(20)23)29-22-10-11-24(27-18-22)33-14-12-32(2)13-15-33/h3-11,16-18,31H,1,12-15H2,2H3,(H,28,29,30). The van der Waals surface area contributed by atoms with Gasteiger partial charge in [-0.05, 0) is 36.9 Å². The first-order valence-electron chi connectivity index (χ1n) is 11.6. The van der Waals surface area contributed by atoms with E-state index < -0.39 is 10.0 Å². The van der Waals surface area contributed by atoms with Gasteiger partial charge in [-0.15, -0.1) is 0 Å². The van der Waals surface area contributed by atoms with E-state index in [4.69, 9.17) is 4.98 Å². The molecule has 2 aromatic carbocycles. The SMILES string of the molecule is C=CS(=O)(=O)Nc1cccc(-c2cccc3cnc(Nc4ccc(N5CCN(C)CC5)nc4)nc23)c1. The van der Waals surface area contributed by atoms with Crippen LogP contribution in [0.25, 0.3) is 22.0 Å². The number of hydrogen-bond donors (Lipinski definition) is 2. The highest BCUT2D eigenvalue weighted by Crippen LogP contribution is 2.30. The summed E-state index contributed by atoms with van der Waals surface area (Å²) in [6, 6.07) is 17.0. The first kappa shape index (κ1) is 23.7. The van der Waals surface area contributed by atoms with Gasteiger partial charge in [0.1, 0.15) is 5.82 Å². The number of aromatic nitrogens is 3. The number of benzene rings is 2. The maximum Gasteiger partial charge on any atom is 0.254 e. The van der Waals surface area contributed by atoms with Crippen molar-refractivity contribution in [2.45, 2.75) is 0 Å². The highest BCUT2D eigenvalue weighted by atomic mass is 32.2. The van der Waals surface area contributed by atoms with Gasteiger partial charge in [-0.3, -0.25) is 4.72 Å². The van der Waals surface area contributed by atoms with E-state index in [1.54, 1.807) is 30.6 Å². The number of para-hydroxylation sites is 1. The van der Waals surface area contributed by atoms with Crippen LogP contribution in [0.2, 0.25) is 0 Å². The van der Waals surface area contributed by atoms with Crippen LogP contribution in [0.3, 0.4) is 0 Å². The van der Waals surface area contributed by atoms with Gasteiger partial charge < -0.3 is 15.1 Å². The molecule has 0 saturated carbocycles. The molecule has 0 unspecified atom stereocenters. The summed E-state index contributed by atoms with van der Waals surface area (Å²) in [4.78, 5) is 18.5. The Morgan fingerprint density at radius 1 is 0.944 bits per heavy atom. The third-order valence-corrected chi connectivity index (χ3v) is 7.05. The van der Waals surface area contributed by atoms with E-state index in [2.05, 4.69) is 43.4 Å². The molecule has 36 heavy (non-hydrogen) atoms. The molecule has 1 aliphatic heterocycles. The largest absolute Gasteiger partial charge is 0.354 e. The number of fused-ring (bicyclic) bond motifs is 1. The van der Waals surface area contributed by atoms with Crippen molar-refractivity contribution in [3.8, 4) is 11.1 Å². The molecular weight excluding hydrogens is 474 g/mol. The predicted molar refractivity (Wildman–Crippen MR) is 145 cm³/mol. The second-order valence-corrected chi connectivity index (χ2v) is 10.3. The number of rotatable bonds is 7. The number of anilines is 4. The molecule has 10 heteroatoms. The van der Waals surface area contributed by atoms with E-state index in [-0.39, 0.29) is 0 Å². The van der Waals surface area contributed by atoms with Crippen molar-refractivity contribution in [2.24, 2.45) is 0 Å². The van der Waals surface area contributed by atoms with E-state index in [9.17, 15) is 8.42 Å². The minimum atomic E-state index is -3.60. The van der Waals surface area contributed by atoms with Gasteiger partial charge >= 0.3 is 0 Å². The minimum absolute atomic E-state index is 0.448. The van der Waals surface area contributed by atoms with E-state index in [1.165, 1.54) is 0 Å². The van der Waals surface area contributed by atoms with E-state index in [0.29, 0.717) is 11.6 Å². The molecule has 1 aliphatic rings. The number of likely N-dealkylation sites (N-methyl/N-ethyl adjacent to an activating group) is 1. The van der Waals surface area contributed by atoms with Gasteiger partial charge in [0.15, 0.2) is 0 Å². The Kier molecular flexibility index (Phi) is 6.53. The van der Waals surface area contributed by atoms with Crippen LogP contribution in [-0.2, 0) is 10.0 Å². The number of nitrogens with one attached hydrogen (secondary N) is 2. The Morgan fingerprint density at radius 3 is 2.50 bits per heavy atom. The summed E-state index contributed by atoms with van der Waals surface area (Å²) in [7, 11) is -1.47. The van der Waals surface area contributed by atoms with Crippen LogP contribution in [0, 0.1) is 0 Å². The molecule has 4 aromatic rings. The number of piperazine rings is 1. The lowest BCUT2D eigenvalue weighted by molar-refractivity contribution is 0.312. The fourth-order valence-corrected chi connectivity index (χ4v) is 4.66. The molecule has 184 valence electrons. The maximum atomic E-state index is 11.9. The predicted octanol–water partition coefficient (Wildman–Crippen LogP) is 4.07. The quantitative estimate of drug-likeness (QED) is 0.391. The van der Waals surface area contributed by atoms with Crippen LogP contribution >= 0.6 is 0 Å². The zero-order valence-corrected chi connectivity index (χ0v) is 20.7. The van der Waals surface area contributed by atoms with Gasteiger partial charge in [-0.2, -0.15) is 0 Å². The van der Waals surface area contributed by atoms with Gasteiger partial charge in [-0.1, -0.05) is 36.9 Å². The topological polar surface area (TPSA) is 103 Å². The molecule has 2 aromatic heterocycles. The van der Waals surface area contributed by atoms with Crippen molar-refractivity contribution in [1.82, 2.24) is 19.9 Å². The maximum absolute atomic E-state index is 11.9. The van der Waals surface area contributed by atoms with E-state index in [0.717, 1.165) is 65.1 Å². The number of sulfonamides is 1. The molecule has 0 spiro atoms. The Hall–Kier alpha value is -4.02. The van der Waals surface area contributed by atoms with Gasteiger partial charge in [0.2, 0.25) is 5.95 Å². The van der Waals surface area contributed by atoms with E-state index >= 15 is 0 Å². The lowest BCUT2D eigenvalue weighted by Crippen LogP contribution is -2.44. The minimum Gasteiger partial charge on any atom is -0.354 e. The second kappa shape index (κ2) is 9.92. The monoisotopic (exact) mass is 501 g/mol. The van der Waals surface area contributed by atoms with Crippen molar-refractivity contribution in [3.63, 3.8) is 0 Å². The molecule has 2 N–H and O–H groups in total. The average molecular weight is 502 g/mol. The van der Waals surface area contributed by atoms with Gasteiger partial charge in [0.05, 0.1) is 17.4 Å². The summed E-state index contributed by atoms with van der Waals surface area (Å²) in [6.07, 6.45) is 3.56. The van der Waals surface area contributed by atoms with Crippen LogP contribution in [0.1, 0.15) is 0 Å². The van der Waals surface area contributed by atoms with Gasteiger partial charge in [-0.25, -0.2) is 23.4 Å². The van der Waals surface area contributed by atoms with Gasteiger partial charge in [0.25, 0.3) is 10.0 Å². The Balaban J connectivity index is 1.40. The highest BCUT2D eigenvalue weighted by molar-refractivity contribution is 7.95. The molecular formula is C26H27N7O2S. The third kappa shape index (κ3) is 5.29. The number of pyridine rings is 1. The molecule has 0 amide bonds. The van der Waals surface area contributed by atoms with Crippen molar-refractivity contribution >= 4 is 44.1 Å². The molecule has 9 nitrogen and oxygen atoms in total. The zero-order valence-electron chi connectivity index (χ0n) is 19.9. The molecule has 0 bridgehead atoms. The Labute approximate surface area is 210 Å². The van der Waals surface area contributed by atoms with Crippen molar-refractivity contribution in [2.75, 3.05) is 48.2 Å². The lowest BCUT2D eigenvalue weighted by atomic mass is 10.0. The number of nitrogens with zero attached hydrogens (tertiary/aromatic N) is 5. The normalized spacial score (nSPS) is 14.5. The summed E-state index contributed by atoms with van der Waals surface area (Å²) in [6.45, 7) is 7.32. The van der Waals surface area contributed by atoms with Gasteiger partial charge in [0, 0.05) is 54.4 Å². The van der Waals surface area contributed by atoms with Crippen LogP contribution in [0.5, 0.6) is 0 Å². The molecule has 0 aliphatic carbocycles. The van der Waals surface area contributed by atoms with Crippen LogP contribution < -0.4 is 14.9 Å². The van der Waals surface area contributed by atoms with Crippen molar-refractivity contribution < 1.29 is 8.42 Å². The average Bonchev–Trinajstić information content (AvgIpc) is 2.89. The molecule has 3 heterocycles. The van der Waals surface area contributed by atoms with Crippen LogP contribution in [-0.4, -0.2) is 61.5 Å². The molecule has 1 fully saturated rings. The summed E-state index contributed by atoms with van der Waals surface area (Å²) < 4.78 is 26.3. The molecule has 0 atom stereocenters. The third-order valence-electron chi connectivity index (χ3n) is 6.10. The number of hydrogen-bond acceptors (Lipinski definition) is 8. The molecule has 5 rings (SSSR count). The fourth-order valence-electron chi connectivity index (χ4n) is 4.12. The van der Waals surface area contributed by atoms with Crippen molar-refractivity contribution in [3.05, 3.63) is 79.0 Å². The first-order valence-corrected chi connectivity index (χ1v) is 13.1.